The molecule has 1 saturated carbocycles. The first-order chi connectivity index (χ1) is 9.30. The predicted octanol–water partition coefficient (Wildman–Crippen LogP) is 2.92. The lowest BCUT2D eigenvalue weighted by atomic mass is 9.79. The summed E-state index contributed by atoms with van der Waals surface area (Å²) < 4.78 is 0. The molecule has 1 aromatic heterocycles. The molecule has 0 aromatic carbocycles. The van der Waals surface area contributed by atoms with Crippen molar-refractivity contribution in [1.82, 2.24) is 15.2 Å². The van der Waals surface area contributed by atoms with Gasteiger partial charge in [0.1, 0.15) is 0 Å². The number of nitrogens with one attached hydrogen (secondary N) is 1. The van der Waals surface area contributed by atoms with Crippen LogP contribution in [0.5, 0.6) is 0 Å². The molecule has 2 heterocycles. The minimum absolute atomic E-state index is 0. The van der Waals surface area contributed by atoms with E-state index in [0.29, 0.717) is 5.54 Å². The molecule has 1 aliphatic carbocycles. The van der Waals surface area contributed by atoms with Gasteiger partial charge in [-0.3, -0.25) is 9.88 Å². The Morgan fingerprint density at radius 2 is 2.10 bits per heavy atom. The van der Waals surface area contributed by atoms with Crippen molar-refractivity contribution in [3.8, 4) is 0 Å². The number of nitrogens with zero attached hydrogens (tertiary/aromatic N) is 2. The van der Waals surface area contributed by atoms with E-state index in [1.807, 2.05) is 12.3 Å². The highest BCUT2D eigenvalue weighted by molar-refractivity contribution is 5.85. The van der Waals surface area contributed by atoms with E-state index in [1.165, 1.54) is 49.9 Å². The first-order valence-corrected chi connectivity index (χ1v) is 7.66. The Bertz CT molecular complexity index is 421. The highest BCUT2D eigenvalue weighted by atomic mass is 35.5. The molecule has 0 atom stereocenters. The van der Waals surface area contributed by atoms with Crippen molar-refractivity contribution < 1.29 is 0 Å². The van der Waals surface area contributed by atoms with Crippen molar-refractivity contribution in [3.05, 3.63) is 29.6 Å². The molecule has 1 saturated heterocycles. The van der Waals surface area contributed by atoms with Gasteiger partial charge in [0.25, 0.3) is 0 Å². The standard InChI is InChI=1S/C16H25N3.ClH/c1-14-6-5-9-18-15(14)12-19-11-10-17-13-16(19)7-3-2-4-8-16;/h5-6,9,17H,2-4,7-8,10-13H2,1H3;1H. The fourth-order valence-corrected chi connectivity index (χ4v) is 3.70. The molecule has 0 bridgehead atoms. The molecule has 3 nitrogen and oxygen atoms in total. The van der Waals surface area contributed by atoms with Gasteiger partial charge in [0.05, 0.1) is 5.69 Å². The summed E-state index contributed by atoms with van der Waals surface area (Å²) in [5.74, 6) is 0. The van der Waals surface area contributed by atoms with Gasteiger partial charge in [0, 0.05) is 37.9 Å². The first kappa shape index (κ1) is 15.7. The number of pyridine rings is 1. The van der Waals surface area contributed by atoms with Crippen molar-refractivity contribution in [2.24, 2.45) is 0 Å². The van der Waals surface area contributed by atoms with Gasteiger partial charge >= 0.3 is 0 Å². The summed E-state index contributed by atoms with van der Waals surface area (Å²) >= 11 is 0. The lowest BCUT2D eigenvalue weighted by Gasteiger charge is -2.50. The van der Waals surface area contributed by atoms with E-state index in [2.05, 4.69) is 28.2 Å². The van der Waals surface area contributed by atoms with Crippen LogP contribution in [0, 0.1) is 6.92 Å². The second-order valence-electron chi connectivity index (χ2n) is 6.15. The van der Waals surface area contributed by atoms with Gasteiger partial charge in [-0.05, 0) is 31.4 Å². The number of aromatic nitrogens is 1. The number of hydrogen-bond acceptors (Lipinski definition) is 3. The normalized spacial score (nSPS) is 22.4. The van der Waals surface area contributed by atoms with Crippen LogP contribution in [0.15, 0.2) is 18.3 Å². The molecule has 1 spiro atoms. The average molecular weight is 296 g/mol. The fraction of sp³-hybridized carbons (Fsp3) is 0.688. The highest BCUT2D eigenvalue weighted by Gasteiger charge is 2.39. The first-order valence-electron chi connectivity index (χ1n) is 7.66. The average Bonchev–Trinajstić information content (AvgIpc) is 2.45. The largest absolute Gasteiger partial charge is 0.314 e. The van der Waals surface area contributed by atoms with Crippen LogP contribution in [0.2, 0.25) is 0 Å². The van der Waals surface area contributed by atoms with Crippen LogP contribution < -0.4 is 5.32 Å². The summed E-state index contributed by atoms with van der Waals surface area (Å²) in [6.07, 6.45) is 8.83. The summed E-state index contributed by atoms with van der Waals surface area (Å²) in [4.78, 5) is 7.29. The van der Waals surface area contributed by atoms with E-state index in [9.17, 15) is 0 Å². The van der Waals surface area contributed by atoms with E-state index in [4.69, 9.17) is 0 Å². The summed E-state index contributed by atoms with van der Waals surface area (Å²) in [5, 5.41) is 3.61. The highest BCUT2D eigenvalue weighted by Crippen LogP contribution is 2.35. The van der Waals surface area contributed by atoms with Crippen LogP contribution in [-0.2, 0) is 6.54 Å². The topological polar surface area (TPSA) is 28.2 Å². The van der Waals surface area contributed by atoms with Gasteiger partial charge in [-0.1, -0.05) is 25.3 Å². The fourth-order valence-electron chi connectivity index (χ4n) is 3.70. The molecule has 3 rings (SSSR count). The smallest absolute Gasteiger partial charge is 0.0573 e. The maximum atomic E-state index is 4.59. The van der Waals surface area contributed by atoms with E-state index in [-0.39, 0.29) is 12.4 Å². The van der Waals surface area contributed by atoms with Crippen LogP contribution in [0.4, 0.5) is 0 Å². The lowest BCUT2D eigenvalue weighted by Crippen LogP contribution is -2.61. The third kappa shape index (κ3) is 3.16. The molecular weight excluding hydrogens is 270 g/mol. The summed E-state index contributed by atoms with van der Waals surface area (Å²) in [6.45, 7) is 6.65. The number of aryl methyl sites for hydroxylation is 1. The minimum Gasteiger partial charge on any atom is -0.314 e. The molecule has 0 amide bonds. The molecule has 0 unspecified atom stereocenters. The zero-order valence-corrected chi connectivity index (χ0v) is 13.2. The Kier molecular flexibility index (Phi) is 5.42. The van der Waals surface area contributed by atoms with E-state index in [0.717, 1.165) is 19.6 Å². The molecule has 4 heteroatoms. The Hall–Kier alpha value is -0.640. The monoisotopic (exact) mass is 295 g/mol. The van der Waals surface area contributed by atoms with E-state index < -0.39 is 0 Å². The number of halogens is 1. The SMILES string of the molecule is Cc1cccnc1CN1CCNCC12CCCCC2.Cl. The second-order valence-corrected chi connectivity index (χ2v) is 6.15. The zero-order valence-electron chi connectivity index (χ0n) is 12.4. The summed E-state index contributed by atoms with van der Waals surface area (Å²) in [6, 6.07) is 4.21. The van der Waals surface area contributed by atoms with Gasteiger partial charge in [0.2, 0.25) is 0 Å². The van der Waals surface area contributed by atoms with Gasteiger partial charge in [-0.25, -0.2) is 0 Å². The third-order valence-electron chi connectivity index (χ3n) is 4.93. The van der Waals surface area contributed by atoms with Crippen LogP contribution >= 0.6 is 12.4 Å². The van der Waals surface area contributed by atoms with Crippen molar-refractivity contribution in [2.45, 2.75) is 51.1 Å². The lowest BCUT2D eigenvalue weighted by molar-refractivity contribution is 0.0198. The molecule has 2 fully saturated rings. The quantitative estimate of drug-likeness (QED) is 0.909. The van der Waals surface area contributed by atoms with Gasteiger partial charge in [0.15, 0.2) is 0 Å². The van der Waals surface area contributed by atoms with Gasteiger partial charge in [-0.15, -0.1) is 12.4 Å². The molecule has 2 aliphatic rings. The summed E-state index contributed by atoms with van der Waals surface area (Å²) in [7, 11) is 0. The Morgan fingerprint density at radius 1 is 1.30 bits per heavy atom. The van der Waals surface area contributed by atoms with Crippen molar-refractivity contribution in [1.29, 1.82) is 0 Å². The van der Waals surface area contributed by atoms with Crippen LogP contribution in [0.25, 0.3) is 0 Å². The molecular formula is C16H26ClN3. The maximum Gasteiger partial charge on any atom is 0.0573 e. The van der Waals surface area contributed by atoms with Crippen molar-refractivity contribution >= 4 is 12.4 Å². The molecule has 0 radical (unpaired) electrons. The van der Waals surface area contributed by atoms with E-state index in [1.54, 1.807) is 0 Å². The number of rotatable bonds is 2. The van der Waals surface area contributed by atoms with Crippen molar-refractivity contribution in [2.75, 3.05) is 19.6 Å². The number of hydrogen-bond donors (Lipinski definition) is 1. The van der Waals surface area contributed by atoms with Crippen molar-refractivity contribution in [3.63, 3.8) is 0 Å². The zero-order chi connectivity index (χ0) is 13.1. The maximum absolute atomic E-state index is 4.59. The molecule has 20 heavy (non-hydrogen) atoms. The Balaban J connectivity index is 0.00000147. The second kappa shape index (κ2) is 6.88. The van der Waals surface area contributed by atoms with E-state index >= 15 is 0 Å². The van der Waals surface area contributed by atoms with Crippen LogP contribution in [-0.4, -0.2) is 35.1 Å². The van der Waals surface area contributed by atoms with Gasteiger partial charge in [-0.2, -0.15) is 0 Å². The third-order valence-corrected chi connectivity index (χ3v) is 4.93. The van der Waals surface area contributed by atoms with Crippen LogP contribution in [0.1, 0.15) is 43.4 Å². The minimum atomic E-state index is 0. The molecule has 1 N–H and O–H groups in total. The predicted molar refractivity (Wildman–Crippen MR) is 85.3 cm³/mol. The Labute approximate surface area is 128 Å². The molecule has 1 aliphatic heterocycles. The Morgan fingerprint density at radius 3 is 2.85 bits per heavy atom. The number of piperazine rings is 1. The van der Waals surface area contributed by atoms with Gasteiger partial charge < -0.3 is 5.32 Å². The summed E-state index contributed by atoms with van der Waals surface area (Å²) in [5.41, 5.74) is 2.99. The van der Waals surface area contributed by atoms with Crippen LogP contribution in [0.3, 0.4) is 0 Å². The molecule has 112 valence electrons. The molecule has 1 aromatic rings.